The van der Waals surface area contributed by atoms with Crippen molar-refractivity contribution in [1.29, 1.82) is 0 Å². The van der Waals surface area contributed by atoms with Crippen LogP contribution in [0.3, 0.4) is 0 Å². The molecule has 0 aromatic heterocycles. The van der Waals surface area contributed by atoms with Crippen molar-refractivity contribution in [1.82, 2.24) is 0 Å². The summed E-state index contributed by atoms with van der Waals surface area (Å²) in [5.74, 6) is 0.907. The maximum absolute atomic E-state index is 10.5. The normalized spacial score (nSPS) is 26.1. The van der Waals surface area contributed by atoms with Crippen molar-refractivity contribution < 1.29 is 9.84 Å². The molecule has 0 saturated heterocycles. The summed E-state index contributed by atoms with van der Waals surface area (Å²) in [4.78, 5) is 0. The molecule has 1 unspecified atom stereocenters. The van der Waals surface area contributed by atoms with Crippen LogP contribution in [0.1, 0.15) is 68.6 Å². The van der Waals surface area contributed by atoms with Crippen LogP contribution in [-0.2, 0) is 0 Å². The molecule has 1 fully saturated rings. The van der Waals surface area contributed by atoms with Crippen LogP contribution in [0.15, 0.2) is 18.2 Å². The minimum Gasteiger partial charge on any atom is -0.487 e. The van der Waals surface area contributed by atoms with Gasteiger partial charge in [-0.3, -0.25) is 0 Å². The fourth-order valence-corrected chi connectivity index (χ4v) is 3.61. The highest BCUT2D eigenvalue weighted by Crippen LogP contribution is 2.45. The van der Waals surface area contributed by atoms with E-state index in [0.29, 0.717) is 0 Å². The van der Waals surface area contributed by atoms with E-state index in [2.05, 4.69) is 19.1 Å². The Hall–Kier alpha value is -1.02. The Bertz CT molecular complexity index is 445. The van der Waals surface area contributed by atoms with Gasteiger partial charge < -0.3 is 9.84 Å². The SMILES string of the molecule is Cc1ccc2c(c1)C(O)CC1(CCCCCCC1)O2. The topological polar surface area (TPSA) is 29.5 Å². The number of aliphatic hydroxyl groups excluding tert-OH is 1. The molecule has 1 N–H and O–H groups in total. The third kappa shape index (κ3) is 2.64. The first-order valence-corrected chi connectivity index (χ1v) is 7.66. The average molecular weight is 260 g/mol. The molecule has 0 bridgehead atoms. The molecule has 1 aliphatic carbocycles. The fraction of sp³-hybridized carbons (Fsp3) is 0.647. The summed E-state index contributed by atoms with van der Waals surface area (Å²) < 4.78 is 6.36. The lowest BCUT2D eigenvalue weighted by Gasteiger charge is -2.42. The van der Waals surface area contributed by atoms with Crippen LogP contribution in [0.25, 0.3) is 0 Å². The Balaban J connectivity index is 1.88. The fourth-order valence-electron chi connectivity index (χ4n) is 3.61. The summed E-state index contributed by atoms with van der Waals surface area (Å²) in [5.41, 5.74) is 2.06. The molecular formula is C17H24O2. The van der Waals surface area contributed by atoms with Gasteiger partial charge >= 0.3 is 0 Å². The molecular weight excluding hydrogens is 236 g/mol. The third-order valence-corrected chi connectivity index (χ3v) is 4.68. The van der Waals surface area contributed by atoms with Crippen molar-refractivity contribution in [3.05, 3.63) is 29.3 Å². The molecule has 2 aliphatic rings. The lowest BCUT2D eigenvalue weighted by Crippen LogP contribution is -2.41. The second-order valence-corrected chi connectivity index (χ2v) is 6.31. The van der Waals surface area contributed by atoms with Crippen LogP contribution in [0, 0.1) is 6.92 Å². The standard InChI is InChI=1S/C17H24O2/c1-13-7-8-16-14(11-13)15(18)12-17(19-16)9-5-3-2-4-6-10-17/h7-8,11,15,18H,2-6,9-10,12H2,1H3. The second kappa shape index (κ2) is 5.16. The molecule has 0 amide bonds. The number of aryl methyl sites for hydroxylation is 1. The zero-order valence-electron chi connectivity index (χ0n) is 11.8. The Morgan fingerprint density at radius 3 is 2.53 bits per heavy atom. The van der Waals surface area contributed by atoms with E-state index in [1.807, 2.05) is 6.07 Å². The molecule has 1 saturated carbocycles. The molecule has 2 nitrogen and oxygen atoms in total. The van der Waals surface area contributed by atoms with Crippen molar-refractivity contribution in [2.24, 2.45) is 0 Å². The van der Waals surface area contributed by atoms with Crippen molar-refractivity contribution in [2.45, 2.75) is 70.0 Å². The van der Waals surface area contributed by atoms with Gasteiger partial charge in [0.05, 0.1) is 6.10 Å². The lowest BCUT2D eigenvalue weighted by molar-refractivity contribution is -0.0312. The van der Waals surface area contributed by atoms with Crippen LogP contribution < -0.4 is 4.74 Å². The molecule has 1 spiro atoms. The second-order valence-electron chi connectivity index (χ2n) is 6.31. The molecule has 1 aromatic rings. The summed E-state index contributed by atoms with van der Waals surface area (Å²) in [6.45, 7) is 2.06. The first kappa shape index (κ1) is 13.0. The zero-order valence-corrected chi connectivity index (χ0v) is 11.8. The molecule has 1 atom stereocenters. The highest BCUT2D eigenvalue weighted by atomic mass is 16.5. The van der Waals surface area contributed by atoms with Crippen LogP contribution >= 0.6 is 0 Å². The molecule has 104 valence electrons. The summed E-state index contributed by atoms with van der Waals surface area (Å²) in [7, 11) is 0. The van der Waals surface area contributed by atoms with Gasteiger partial charge in [-0.25, -0.2) is 0 Å². The Morgan fingerprint density at radius 2 is 1.79 bits per heavy atom. The molecule has 0 radical (unpaired) electrons. The predicted octanol–water partition coefficient (Wildman–Crippen LogP) is 4.29. The molecule has 1 aliphatic heterocycles. The smallest absolute Gasteiger partial charge is 0.125 e. The number of fused-ring (bicyclic) bond motifs is 1. The van der Waals surface area contributed by atoms with Crippen LogP contribution in [0.5, 0.6) is 5.75 Å². The van der Waals surface area contributed by atoms with Gasteiger partial charge in [-0.1, -0.05) is 30.9 Å². The minimum atomic E-state index is -0.358. The number of hydrogen-bond acceptors (Lipinski definition) is 2. The number of ether oxygens (including phenoxy) is 1. The number of rotatable bonds is 0. The Morgan fingerprint density at radius 1 is 1.11 bits per heavy atom. The summed E-state index contributed by atoms with van der Waals surface area (Å²) in [5, 5.41) is 10.5. The van der Waals surface area contributed by atoms with E-state index in [4.69, 9.17) is 4.74 Å². The van der Waals surface area contributed by atoms with E-state index >= 15 is 0 Å². The van der Waals surface area contributed by atoms with Gasteiger partial charge in [-0.05, 0) is 44.7 Å². The summed E-state index contributed by atoms with van der Waals surface area (Å²) >= 11 is 0. The van der Waals surface area contributed by atoms with Gasteiger partial charge in [0.2, 0.25) is 0 Å². The van der Waals surface area contributed by atoms with Crippen molar-refractivity contribution in [3.63, 3.8) is 0 Å². The van der Waals surface area contributed by atoms with Crippen LogP contribution in [-0.4, -0.2) is 10.7 Å². The minimum absolute atomic E-state index is 0.109. The van der Waals surface area contributed by atoms with E-state index in [0.717, 1.165) is 30.6 Å². The highest BCUT2D eigenvalue weighted by Gasteiger charge is 2.40. The molecule has 19 heavy (non-hydrogen) atoms. The quantitative estimate of drug-likeness (QED) is 0.754. The molecule has 2 heteroatoms. The maximum Gasteiger partial charge on any atom is 0.125 e. The van der Waals surface area contributed by atoms with E-state index < -0.39 is 0 Å². The molecule has 1 aromatic carbocycles. The van der Waals surface area contributed by atoms with Crippen molar-refractivity contribution in [3.8, 4) is 5.75 Å². The van der Waals surface area contributed by atoms with Crippen molar-refractivity contribution in [2.75, 3.05) is 0 Å². The van der Waals surface area contributed by atoms with Gasteiger partial charge in [0.25, 0.3) is 0 Å². The Kier molecular flexibility index (Phi) is 3.53. The van der Waals surface area contributed by atoms with Gasteiger partial charge in [-0.2, -0.15) is 0 Å². The maximum atomic E-state index is 10.5. The number of hydrogen-bond donors (Lipinski definition) is 1. The van der Waals surface area contributed by atoms with Gasteiger partial charge in [0.1, 0.15) is 11.4 Å². The first-order valence-electron chi connectivity index (χ1n) is 7.66. The monoisotopic (exact) mass is 260 g/mol. The van der Waals surface area contributed by atoms with Crippen LogP contribution in [0.2, 0.25) is 0 Å². The van der Waals surface area contributed by atoms with Gasteiger partial charge in [-0.15, -0.1) is 0 Å². The predicted molar refractivity (Wildman–Crippen MR) is 76.4 cm³/mol. The number of aliphatic hydroxyl groups is 1. The Labute approximate surface area is 115 Å². The zero-order chi connectivity index (χ0) is 13.3. The van der Waals surface area contributed by atoms with E-state index in [1.165, 1.54) is 37.7 Å². The van der Waals surface area contributed by atoms with E-state index in [1.54, 1.807) is 0 Å². The first-order chi connectivity index (χ1) is 9.19. The summed E-state index contributed by atoms with van der Waals surface area (Å²) in [6.07, 6.45) is 9.03. The largest absolute Gasteiger partial charge is 0.487 e. The highest BCUT2D eigenvalue weighted by molar-refractivity contribution is 5.40. The molecule has 3 rings (SSSR count). The van der Waals surface area contributed by atoms with Crippen LogP contribution in [0.4, 0.5) is 0 Å². The van der Waals surface area contributed by atoms with Gasteiger partial charge in [0.15, 0.2) is 0 Å². The van der Waals surface area contributed by atoms with E-state index in [-0.39, 0.29) is 11.7 Å². The average Bonchev–Trinajstić information content (AvgIpc) is 2.36. The molecule has 1 heterocycles. The lowest BCUT2D eigenvalue weighted by atomic mass is 9.79. The van der Waals surface area contributed by atoms with Crippen molar-refractivity contribution >= 4 is 0 Å². The van der Waals surface area contributed by atoms with Gasteiger partial charge in [0, 0.05) is 12.0 Å². The number of benzene rings is 1. The summed E-state index contributed by atoms with van der Waals surface area (Å²) in [6, 6.07) is 6.18. The third-order valence-electron chi connectivity index (χ3n) is 4.68. The van der Waals surface area contributed by atoms with E-state index in [9.17, 15) is 5.11 Å².